The van der Waals surface area contributed by atoms with E-state index in [1.165, 1.54) is 0 Å². The van der Waals surface area contributed by atoms with Crippen LogP contribution in [-0.4, -0.2) is 0 Å². The van der Waals surface area contributed by atoms with Crippen molar-refractivity contribution in [3.05, 3.63) is 312 Å². The fourth-order valence-electron chi connectivity index (χ4n) is 13.5. The lowest BCUT2D eigenvalue weighted by Crippen LogP contribution is -2.48. The molecule has 10 aromatic carbocycles. The summed E-state index contributed by atoms with van der Waals surface area (Å²) in [6.45, 7) is 0. The van der Waals surface area contributed by atoms with Gasteiger partial charge in [0, 0.05) is 34.6 Å². The molecule has 2 aromatic heterocycles. The van der Waals surface area contributed by atoms with Crippen LogP contribution in [0, 0.1) is 0 Å². The van der Waals surface area contributed by atoms with E-state index in [-0.39, 0.29) is 0 Å². The van der Waals surface area contributed by atoms with Crippen LogP contribution in [-0.2, 0) is 10.8 Å². The van der Waals surface area contributed by atoms with Gasteiger partial charge >= 0.3 is 0 Å². The van der Waals surface area contributed by atoms with Gasteiger partial charge in [0.25, 0.3) is 0 Å². The number of rotatable bonds is 4. The van der Waals surface area contributed by atoms with Gasteiger partial charge in [-0.15, -0.1) is 0 Å². The van der Waals surface area contributed by atoms with Crippen molar-refractivity contribution < 1.29 is 18.3 Å². The molecule has 5 aliphatic rings. The highest BCUT2D eigenvalue weighted by Crippen LogP contribution is 2.71. The Balaban J connectivity index is 1.07. The van der Waals surface area contributed by atoms with Crippen molar-refractivity contribution in [2.75, 3.05) is 19.6 Å². The van der Waals surface area contributed by atoms with E-state index >= 15 is 0 Å². The lowest BCUT2D eigenvalue weighted by Gasteiger charge is -2.51. The molecule has 1 aliphatic carbocycles. The van der Waals surface area contributed by atoms with Crippen molar-refractivity contribution in [2.45, 2.75) is 10.8 Å². The SMILES string of the molecule is c1ccc(N2c3ccccc3C3(c4ccccc42)c2cc(N4c5ccccc5Oc5ccccc54)oc2C2(c4ccccc4N(c4ccccc4)c4ccccc42)c2cc(N4c5ccccc5Oc5ccccc54)oc23)cc1. The van der Waals surface area contributed by atoms with Gasteiger partial charge in [0.05, 0.1) is 45.5 Å². The highest BCUT2D eigenvalue weighted by atomic mass is 16.5. The first-order valence-electron chi connectivity index (χ1n) is 26.4. The first-order valence-corrected chi connectivity index (χ1v) is 26.4. The average Bonchev–Trinajstić information content (AvgIpc) is 3.74. The van der Waals surface area contributed by atoms with Gasteiger partial charge in [0.15, 0.2) is 23.0 Å². The van der Waals surface area contributed by atoms with Crippen molar-refractivity contribution in [3.63, 3.8) is 0 Å². The molecule has 78 heavy (non-hydrogen) atoms. The molecule has 4 aliphatic heterocycles. The van der Waals surface area contributed by atoms with E-state index in [0.717, 1.165) is 125 Å². The standard InChI is InChI=1S/C70H44N4O4/c1-3-23-45(24-4-1)71-53-31-11-7-27-47(53)69(48-28-8-12-32-54(48)71)51-43-65(73-57-35-15-19-39-61(57)75-62-40-20-16-36-58(62)73)78-68(51)70(49-29-9-13-33-55(49)72(46-25-5-2-6-26-46)56-34-14-10-30-50(56)70)52-44-66(77-67(52)69)74-59-37-17-21-41-63(59)76-64-42-22-18-38-60(64)74/h1-44H. The lowest BCUT2D eigenvalue weighted by atomic mass is 9.53. The van der Waals surface area contributed by atoms with Crippen LogP contribution in [0.1, 0.15) is 44.9 Å². The van der Waals surface area contributed by atoms with Gasteiger partial charge in [-0.05, 0) is 119 Å². The maximum absolute atomic E-state index is 8.16. The molecule has 0 radical (unpaired) electrons. The largest absolute Gasteiger partial charge is 0.453 e. The van der Waals surface area contributed by atoms with Crippen molar-refractivity contribution in [2.24, 2.45) is 0 Å². The van der Waals surface area contributed by atoms with Gasteiger partial charge in [-0.2, -0.15) is 0 Å². The Hall–Kier alpha value is -10.4. The molecule has 6 heterocycles. The molecule has 0 saturated heterocycles. The summed E-state index contributed by atoms with van der Waals surface area (Å²) in [5.41, 5.74) is 13.5. The number of hydrogen-bond donors (Lipinski definition) is 0. The molecular formula is C70H44N4O4. The van der Waals surface area contributed by atoms with Crippen LogP contribution in [0.15, 0.2) is 276 Å². The molecule has 17 rings (SSSR count). The minimum atomic E-state index is -1.13. The number of furan rings is 2. The second-order valence-corrected chi connectivity index (χ2v) is 20.3. The number of ether oxygens (including phenoxy) is 2. The van der Waals surface area contributed by atoms with Crippen LogP contribution >= 0.6 is 0 Å². The number of fused-ring (bicyclic) bond motifs is 18. The monoisotopic (exact) mass is 1000 g/mol. The zero-order valence-corrected chi connectivity index (χ0v) is 41.8. The van der Waals surface area contributed by atoms with Gasteiger partial charge in [-0.3, -0.25) is 9.80 Å². The second-order valence-electron chi connectivity index (χ2n) is 20.3. The van der Waals surface area contributed by atoms with Crippen LogP contribution in [0.25, 0.3) is 0 Å². The molecule has 0 saturated carbocycles. The highest BCUT2D eigenvalue weighted by Gasteiger charge is 2.64. The molecule has 0 N–H and O–H groups in total. The van der Waals surface area contributed by atoms with E-state index in [2.05, 4.69) is 238 Å². The van der Waals surface area contributed by atoms with Crippen molar-refractivity contribution in [3.8, 4) is 23.0 Å². The van der Waals surface area contributed by atoms with Gasteiger partial charge in [-0.25, -0.2) is 0 Å². The summed E-state index contributed by atoms with van der Waals surface area (Å²) in [6.07, 6.45) is 0. The number of hydrogen-bond acceptors (Lipinski definition) is 8. The van der Waals surface area contributed by atoms with Crippen molar-refractivity contribution >= 4 is 68.6 Å². The Morgan fingerprint density at radius 2 is 0.487 bits per heavy atom. The molecule has 0 atom stereocenters. The Kier molecular flexibility index (Phi) is 8.81. The van der Waals surface area contributed by atoms with Crippen molar-refractivity contribution in [1.82, 2.24) is 0 Å². The molecule has 2 spiro atoms. The Morgan fingerprint density at radius 1 is 0.231 bits per heavy atom. The van der Waals surface area contributed by atoms with Gasteiger partial charge in [0.2, 0.25) is 11.8 Å². The van der Waals surface area contributed by atoms with E-state index in [9.17, 15) is 0 Å². The van der Waals surface area contributed by atoms with Crippen molar-refractivity contribution in [1.29, 1.82) is 0 Å². The summed E-state index contributed by atoms with van der Waals surface area (Å²) < 4.78 is 29.7. The predicted molar refractivity (Wildman–Crippen MR) is 307 cm³/mol. The Bertz CT molecular complexity index is 3890. The second kappa shape index (κ2) is 16.0. The zero-order chi connectivity index (χ0) is 51.1. The molecule has 0 amide bonds. The summed E-state index contributed by atoms with van der Waals surface area (Å²) in [5.74, 6) is 5.78. The Morgan fingerprint density at radius 3 is 0.795 bits per heavy atom. The van der Waals surface area contributed by atoms with Crippen LogP contribution in [0.4, 0.5) is 68.6 Å². The van der Waals surface area contributed by atoms with E-state index in [1.54, 1.807) is 0 Å². The summed E-state index contributed by atoms with van der Waals surface area (Å²) >= 11 is 0. The maximum atomic E-state index is 8.16. The quantitative estimate of drug-likeness (QED) is 0.173. The predicted octanol–water partition coefficient (Wildman–Crippen LogP) is 18.7. The van der Waals surface area contributed by atoms with Gasteiger partial charge in [-0.1, -0.05) is 158 Å². The van der Waals surface area contributed by atoms with E-state index < -0.39 is 10.8 Å². The average molecular weight is 1010 g/mol. The summed E-state index contributed by atoms with van der Waals surface area (Å²) in [5, 5.41) is 0. The minimum Gasteiger partial charge on any atom is -0.453 e. The van der Waals surface area contributed by atoms with E-state index in [4.69, 9.17) is 18.3 Å². The molecule has 0 unspecified atom stereocenters. The van der Waals surface area contributed by atoms with Crippen LogP contribution < -0.4 is 29.1 Å². The number of benzene rings is 10. The van der Waals surface area contributed by atoms with Gasteiger partial charge in [0.1, 0.15) is 22.4 Å². The number of nitrogens with zero attached hydrogens (tertiary/aromatic N) is 4. The first kappa shape index (κ1) is 42.9. The third-order valence-corrected chi connectivity index (χ3v) is 16.5. The number of anilines is 12. The molecule has 12 aromatic rings. The normalized spacial score (nSPS) is 15.0. The topological polar surface area (TPSA) is 57.7 Å². The fraction of sp³-hybridized carbons (Fsp3) is 0.0286. The zero-order valence-electron chi connectivity index (χ0n) is 41.8. The third-order valence-electron chi connectivity index (χ3n) is 16.5. The fourth-order valence-corrected chi connectivity index (χ4v) is 13.5. The Labute approximate surface area is 450 Å². The highest BCUT2D eigenvalue weighted by molar-refractivity contribution is 5.97. The minimum absolute atomic E-state index is 0.643. The molecular weight excluding hydrogens is 961 g/mol. The lowest BCUT2D eigenvalue weighted by molar-refractivity contribution is 0.396. The van der Waals surface area contributed by atoms with Gasteiger partial charge < -0.3 is 28.1 Å². The summed E-state index contributed by atoms with van der Waals surface area (Å²) in [7, 11) is 0. The molecule has 0 bridgehead atoms. The summed E-state index contributed by atoms with van der Waals surface area (Å²) in [6, 6.07) is 94.2. The van der Waals surface area contributed by atoms with Crippen LogP contribution in [0.5, 0.6) is 23.0 Å². The molecule has 8 nitrogen and oxygen atoms in total. The smallest absolute Gasteiger partial charge is 0.205 e. The summed E-state index contributed by atoms with van der Waals surface area (Å²) in [4.78, 5) is 9.26. The first-order chi connectivity index (χ1) is 38.7. The van der Waals surface area contributed by atoms with Crippen LogP contribution in [0.2, 0.25) is 0 Å². The molecule has 368 valence electrons. The van der Waals surface area contributed by atoms with E-state index in [0.29, 0.717) is 11.8 Å². The third kappa shape index (κ3) is 5.57. The molecule has 8 heteroatoms. The maximum Gasteiger partial charge on any atom is 0.205 e. The van der Waals surface area contributed by atoms with E-state index in [1.807, 2.05) is 48.5 Å². The molecule has 0 fully saturated rings. The van der Waals surface area contributed by atoms with Crippen LogP contribution in [0.3, 0.4) is 0 Å². The number of para-hydroxylation sites is 14.